The van der Waals surface area contributed by atoms with Crippen molar-refractivity contribution in [1.29, 1.82) is 0 Å². The van der Waals surface area contributed by atoms with E-state index in [4.69, 9.17) is 5.84 Å². The van der Waals surface area contributed by atoms with E-state index in [0.717, 1.165) is 15.6 Å². The molecule has 16 heavy (non-hydrogen) atoms. The van der Waals surface area contributed by atoms with Gasteiger partial charge in [0.25, 0.3) is 0 Å². The molecular weight excluding hydrogens is 266 g/mol. The zero-order valence-corrected chi connectivity index (χ0v) is 10.2. The maximum Gasteiger partial charge on any atom is 0.0725 e. The molecule has 0 saturated heterocycles. The lowest BCUT2D eigenvalue weighted by Gasteiger charge is -2.16. The van der Waals surface area contributed by atoms with Gasteiger partial charge in [0.15, 0.2) is 0 Å². The third-order valence-corrected chi connectivity index (χ3v) is 2.92. The number of hydrogen-bond donors (Lipinski definition) is 2. The van der Waals surface area contributed by atoms with Crippen molar-refractivity contribution < 1.29 is 0 Å². The van der Waals surface area contributed by atoms with Crippen molar-refractivity contribution in [3.8, 4) is 0 Å². The molecule has 0 spiro atoms. The number of nitrogens with one attached hydrogen (secondary N) is 1. The van der Waals surface area contributed by atoms with Crippen LogP contribution in [0.3, 0.4) is 0 Å². The number of benzene rings is 1. The number of nitrogens with two attached hydrogens (primary N) is 1. The summed E-state index contributed by atoms with van der Waals surface area (Å²) in [4.78, 5) is 4.09. The summed E-state index contributed by atoms with van der Waals surface area (Å²) >= 11 is 3.41. The molecule has 1 aromatic heterocycles. The van der Waals surface area contributed by atoms with Gasteiger partial charge in [0.2, 0.25) is 0 Å². The smallest absolute Gasteiger partial charge is 0.0725 e. The largest absolute Gasteiger partial charge is 0.271 e. The third-order valence-electron chi connectivity index (χ3n) is 2.39. The quantitative estimate of drug-likeness (QED) is 0.669. The van der Waals surface area contributed by atoms with Crippen LogP contribution in [0.2, 0.25) is 0 Å². The van der Waals surface area contributed by atoms with E-state index in [9.17, 15) is 0 Å². The van der Waals surface area contributed by atoms with E-state index < -0.39 is 0 Å². The first-order valence-electron chi connectivity index (χ1n) is 4.93. The minimum Gasteiger partial charge on any atom is -0.271 e. The normalized spacial score (nSPS) is 12.4. The molecule has 3 N–H and O–H groups in total. The standard InChI is InChI=1S/C12H12BrN3/c13-11-5-3-9(4-6-11)12(16-14)10-2-1-7-15-8-10/h1-8,12,16H,14H2. The van der Waals surface area contributed by atoms with Crippen molar-refractivity contribution in [2.75, 3.05) is 0 Å². The van der Waals surface area contributed by atoms with Gasteiger partial charge in [-0.2, -0.15) is 0 Å². The predicted molar refractivity (Wildman–Crippen MR) is 67.5 cm³/mol. The fraction of sp³-hybridized carbons (Fsp3) is 0.0833. The molecule has 1 heterocycles. The van der Waals surface area contributed by atoms with Gasteiger partial charge in [-0.3, -0.25) is 10.8 Å². The van der Waals surface area contributed by atoms with E-state index in [-0.39, 0.29) is 6.04 Å². The van der Waals surface area contributed by atoms with E-state index in [1.807, 2.05) is 42.6 Å². The first-order valence-corrected chi connectivity index (χ1v) is 5.72. The lowest BCUT2D eigenvalue weighted by Crippen LogP contribution is -2.28. The van der Waals surface area contributed by atoms with Crippen LogP contribution in [0.15, 0.2) is 53.3 Å². The Morgan fingerprint density at radius 1 is 1.12 bits per heavy atom. The monoisotopic (exact) mass is 277 g/mol. The van der Waals surface area contributed by atoms with E-state index in [2.05, 4.69) is 26.3 Å². The van der Waals surface area contributed by atoms with Crippen LogP contribution in [0, 0.1) is 0 Å². The number of nitrogens with zero attached hydrogens (tertiary/aromatic N) is 1. The molecule has 0 fully saturated rings. The highest BCUT2D eigenvalue weighted by atomic mass is 79.9. The summed E-state index contributed by atoms with van der Waals surface area (Å²) in [5.41, 5.74) is 4.96. The van der Waals surface area contributed by atoms with Gasteiger partial charge < -0.3 is 0 Å². The van der Waals surface area contributed by atoms with Gasteiger partial charge in [-0.05, 0) is 29.3 Å². The third kappa shape index (κ3) is 2.47. The Kier molecular flexibility index (Phi) is 3.66. The number of hydrazine groups is 1. The second-order valence-corrected chi connectivity index (χ2v) is 4.35. The molecule has 1 atom stereocenters. The van der Waals surface area contributed by atoms with Crippen molar-refractivity contribution in [2.45, 2.75) is 6.04 Å². The maximum absolute atomic E-state index is 5.59. The van der Waals surface area contributed by atoms with Gasteiger partial charge >= 0.3 is 0 Å². The number of hydrogen-bond acceptors (Lipinski definition) is 3. The van der Waals surface area contributed by atoms with Gasteiger partial charge in [0, 0.05) is 16.9 Å². The van der Waals surface area contributed by atoms with Crippen molar-refractivity contribution in [2.24, 2.45) is 5.84 Å². The molecule has 0 amide bonds. The lowest BCUT2D eigenvalue weighted by molar-refractivity contribution is 0.634. The zero-order chi connectivity index (χ0) is 11.4. The van der Waals surface area contributed by atoms with Gasteiger partial charge in [-0.15, -0.1) is 0 Å². The number of rotatable bonds is 3. The zero-order valence-electron chi connectivity index (χ0n) is 8.60. The summed E-state index contributed by atoms with van der Waals surface area (Å²) in [6, 6.07) is 11.9. The molecule has 0 aliphatic carbocycles. The Labute approximate surface area is 103 Å². The second kappa shape index (κ2) is 5.21. The van der Waals surface area contributed by atoms with Crippen LogP contribution < -0.4 is 11.3 Å². The summed E-state index contributed by atoms with van der Waals surface area (Å²) in [5.74, 6) is 5.59. The van der Waals surface area contributed by atoms with Crippen molar-refractivity contribution in [3.05, 3.63) is 64.4 Å². The molecule has 0 aliphatic heterocycles. The Morgan fingerprint density at radius 3 is 2.44 bits per heavy atom. The van der Waals surface area contributed by atoms with E-state index in [1.165, 1.54) is 0 Å². The average Bonchev–Trinajstić information content (AvgIpc) is 2.34. The highest BCUT2D eigenvalue weighted by molar-refractivity contribution is 9.10. The molecule has 0 radical (unpaired) electrons. The predicted octanol–water partition coefficient (Wildman–Crippen LogP) is 2.40. The van der Waals surface area contributed by atoms with Gasteiger partial charge in [0.05, 0.1) is 6.04 Å². The summed E-state index contributed by atoms with van der Waals surface area (Å²) in [6.45, 7) is 0. The number of aromatic nitrogens is 1. The minimum absolute atomic E-state index is 0.0261. The fourth-order valence-electron chi connectivity index (χ4n) is 1.59. The van der Waals surface area contributed by atoms with Crippen LogP contribution in [0.25, 0.3) is 0 Å². The molecule has 0 bridgehead atoms. The Morgan fingerprint density at radius 2 is 1.88 bits per heavy atom. The minimum atomic E-state index is -0.0261. The summed E-state index contributed by atoms with van der Waals surface area (Å²) in [6.07, 6.45) is 3.56. The fourth-order valence-corrected chi connectivity index (χ4v) is 1.85. The number of halogens is 1. The Hall–Kier alpha value is -1.23. The molecule has 3 nitrogen and oxygen atoms in total. The first kappa shape index (κ1) is 11.3. The average molecular weight is 278 g/mol. The van der Waals surface area contributed by atoms with Crippen molar-refractivity contribution in [3.63, 3.8) is 0 Å². The summed E-state index contributed by atoms with van der Waals surface area (Å²) in [7, 11) is 0. The second-order valence-electron chi connectivity index (χ2n) is 3.44. The van der Waals surface area contributed by atoms with Crippen LogP contribution >= 0.6 is 15.9 Å². The van der Waals surface area contributed by atoms with Crippen LogP contribution in [0.1, 0.15) is 17.2 Å². The molecule has 1 unspecified atom stereocenters. The molecule has 1 aromatic carbocycles. The maximum atomic E-state index is 5.59. The van der Waals surface area contributed by atoms with Gasteiger partial charge in [-0.1, -0.05) is 34.1 Å². The highest BCUT2D eigenvalue weighted by Gasteiger charge is 2.11. The number of pyridine rings is 1. The summed E-state index contributed by atoms with van der Waals surface area (Å²) < 4.78 is 1.05. The van der Waals surface area contributed by atoms with Gasteiger partial charge in [-0.25, -0.2) is 5.43 Å². The van der Waals surface area contributed by atoms with Crippen LogP contribution in [0.4, 0.5) is 0 Å². The van der Waals surface area contributed by atoms with Gasteiger partial charge in [0.1, 0.15) is 0 Å². The topological polar surface area (TPSA) is 50.9 Å². The van der Waals surface area contributed by atoms with Crippen molar-refractivity contribution >= 4 is 15.9 Å². The first-order chi connectivity index (χ1) is 7.81. The van der Waals surface area contributed by atoms with Crippen LogP contribution in [-0.2, 0) is 0 Å². The van der Waals surface area contributed by atoms with Crippen LogP contribution in [0.5, 0.6) is 0 Å². The van der Waals surface area contributed by atoms with Crippen LogP contribution in [-0.4, -0.2) is 4.98 Å². The van der Waals surface area contributed by atoms with E-state index in [0.29, 0.717) is 0 Å². The lowest BCUT2D eigenvalue weighted by atomic mass is 10.0. The van der Waals surface area contributed by atoms with Crippen molar-refractivity contribution in [1.82, 2.24) is 10.4 Å². The molecule has 2 rings (SSSR count). The molecule has 0 aliphatic rings. The highest BCUT2D eigenvalue weighted by Crippen LogP contribution is 2.22. The summed E-state index contributed by atoms with van der Waals surface area (Å²) in [5, 5.41) is 0. The molecule has 4 heteroatoms. The molecular formula is C12H12BrN3. The Balaban J connectivity index is 2.33. The van der Waals surface area contributed by atoms with E-state index >= 15 is 0 Å². The Bertz CT molecular complexity index is 442. The molecule has 2 aromatic rings. The van der Waals surface area contributed by atoms with E-state index in [1.54, 1.807) is 6.20 Å². The molecule has 82 valence electrons. The molecule has 0 saturated carbocycles. The SMILES string of the molecule is NNC(c1ccc(Br)cc1)c1cccnc1.